The second kappa shape index (κ2) is 10.6. The summed E-state index contributed by atoms with van der Waals surface area (Å²) >= 11 is 0. The molecule has 0 aromatic carbocycles. The van der Waals surface area contributed by atoms with Gasteiger partial charge < -0.3 is 0 Å². The quantitative estimate of drug-likeness (QED) is 0.433. The van der Waals surface area contributed by atoms with Gasteiger partial charge in [0.1, 0.15) is 5.78 Å². The maximum Gasteiger partial charge on any atom is 0.135 e. The van der Waals surface area contributed by atoms with Gasteiger partial charge in [-0.15, -0.1) is 0 Å². The molecule has 1 rings (SSSR count). The van der Waals surface area contributed by atoms with Crippen LogP contribution in [0.3, 0.4) is 0 Å². The molecule has 1 aliphatic carbocycles. The monoisotopic (exact) mass is 252 g/mol. The molecule has 1 heteroatoms. The van der Waals surface area contributed by atoms with E-state index in [1.807, 2.05) is 0 Å². The van der Waals surface area contributed by atoms with Gasteiger partial charge >= 0.3 is 0 Å². The van der Waals surface area contributed by atoms with Crippen LogP contribution in [0.15, 0.2) is 0 Å². The standard InChI is InChI=1S/C17H32O/c1-2-3-4-5-6-7-8-9-10-11-13-16-14-12-15-17(16)18/h16H,2-15H2,1H3. The molecule has 1 fully saturated rings. The summed E-state index contributed by atoms with van der Waals surface area (Å²) in [7, 11) is 0. The van der Waals surface area contributed by atoms with Crippen molar-refractivity contribution in [2.75, 3.05) is 0 Å². The Morgan fingerprint density at radius 2 is 1.44 bits per heavy atom. The summed E-state index contributed by atoms with van der Waals surface area (Å²) in [6.45, 7) is 2.27. The average molecular weight is 252 g/mol. The summed E-state index contributed by atoms with van der Waals surface area (Å²) in [6.07, 6.45) is 18.3. The van der Waals surface area contributed by atoms with Crippen LogP contribution in [0.5, 0.6) is 0 Å². The number of carbonyl (C=O) groups excluding carboxylic acids is 1. The first-order chi connectivity index (χ1) is 8.84. The van der Waals surface area contributed by atoms with Crippen LogP contribution in [0.25, 0.3) is 0 Å². The minimum absolute atomic E-state index is 0.444. The Morgan fingerprint density at radius 1 is 0.889 bits per heavy atom. The van der Waals surface area contributed by atoms with Crippen LogP contribution in [-0.4, -0.2) is 5.78 Å². The lowest BCUT2D eigenvalue weighted by Gasteiger charge is -2.07. The van der Waals surface area contributed by atoms with E-state index in [9.17, 15) is 4.79 Å². The number of Topliss-reactive ketones (excluding diaryl/α,β-unsaturated/α-hetero) is 1. The topological polar surface area (TPSA) is 17.1 Å². The molecule has 0 N–H and O–H groups in total. The van der Waals surface area contributed by atoms with Crippen molar-refractivity contribution in [1.82, 2.24) is 0 Å². The molecule has 1 nitrogen and oxygen atoms in total. The van der Waals surface area contributed by atoms with Crippen molar-refractivity contribution in [3.8, 4) is 0 Å². The fourth-order valence-corrected chi connectivity index (χ4v) is 3.07. The van der Waals surface area contributed by atoms with E-state index in [1.54, 1.807) is 0 Å². The summed E-state index contributed by atoms with van der Waals surface area (Å²) in [5.74, 6) is 0.991. The fourth-order valence-electron chi connectivity index (χ4n) is 3.07. The van der Waals surface area contributed by atoms with Gasteiger partial charge in [0.05, 0.1) is 0 Å². The number of hydrogen-bond acceptors (Lipinski definition) is 1. The van der Waals surface area contributed by atoms with Crippen LogP contribution < -0.4 is 0 Å². The molecule has 0 spiro atoms. The molecule has 0 saturated heterocycles. The third-order valence-electron chi connectivity index (χ3n) is 4.34. The summed E-state index contributed by atoms with van der Waals surface area (Å²) in [5.41, 5.74) is 0. The predicted octanol–water partition coefficient (Wildman–Crippen LogP) is 5.67. The molecule has 0 bridgehead atoms. The van der Waals surface area contributed by atoms with E-state index in [1.165, 1.54) is 77.0 Å². The van der Waals surface area contributed by atoms with Crippen LogP contribution >= 0.6 is 0 Å². The van der Waals surface area contributed by atoms with Crippen LogP contribution in [0.4, 0.5) is 0 Å². The predicted molar refractivity (Wildman–Crippen MR) is 78.8 cm³/mol. The van der Waals surface area contributed by atoms with E-state index in [0.717, 1.165) is 12.8 Å². The molecule has 0 radical (unpaired) electrons. The highest BCUT2D eigenvalue weighted by atomic mass is 16.1. The molecular formula is C17H32O. The van der Waals surface area contributed by atoms with E-state index < -0.39 is 0 Å². The normalized spacial score (nSPS) is 19.6. The molecule has 0 heterocycles. The zero-order chi connectivity index (χ0) is 13.1. The summed E-state index contributed by atoms with van der Waals surface area (Å²) in [4.78, 5) is 11.5. The highest BCUT2D eigenvalue weighted by Gasteiger charge is 2.23. The highest BCUT2D eigenvalue weighted by Crippen LogP contribution is 2.26. The molecule has 0 aromatic rings. The average Bonchev–Trinajstić information content (AvgIpc) is 2.77. The first kappa shape index (κ1) is 15.7. The Hall–Kier alpha value is -0.330. The van der Waals surface area contributed by atoms with E-state index in [4.69, 9.17) is 0 Å². The molecule has 0 aromatic heterocycles. The second-order valence-corrected chi connectivity index (χ2v) is 6.03. The largest absolute Gasteiger partial charge is 0.299 e. The lowest BCUT2D eigenvalue weighted by atomic mass is 9.98. The smallest absolute Gasteiger partial charge is 0.135 e. The van der Waals surface area contributed by atoms with Crippen LogP contribution in [0, 0.1) is 5.92 Å². The molecule has 1 saturated carbocycles. The van der Waals surface area contributed by atoms with Gasteiger partial charge in [-0.3, -0.25) is 4.79 Å². The first-order valence-corrected chi connectivity index (χ1v) is 8.37. The van der Waals surface area contributed by atoms with Gasteiger partial charge in [0.15, 0.2) is 0 Å². The fraction of sp³-hybridized carbons (Fsp3) is 0.941. The van der Waals surface area contributed by atoms with Gasteiger partial charge in [-0.05, 0) is 19.3 Å². The third-order valence-corrected chi connectivity index (χ3v) is 4.34. The van der Waals surface area contributed by atoms with Crippen molar-refractivity contribution in [3.05, 3.63) is 0 Å². The summed E-state index contributed by atoms with van der Waals surface area (Å²) in [5, 5.41) is 0. The van der Waals surface area contributed by atoms with Crippen molar-refractivity contribution < 1.29 is 4.79 Å². The molecule has 18 heavy (non-hydrogen) atoms. The number of hydrogen-bond donors (Lipinski definition) is 0. The maximum absolute atomic E-state index is 11.5. The van der Waals surface area contributed by atoms with Crippen molar-refractivity contribution in [2.24, 2.45) is 5.92 Å². The molecule has 0 amide bonds. The zero-order valence-corrected chi connectivity index (χ0v) is 12.4. The van der Waals surface area contributed by atoms with E-state index in [-0.39, 0.29) is 0 Å². The number of ketones is 1. The van der Waals surface area contributed by atoms with E-state index in [2.05, 4.69) is 6.92 Å². The minimum Gasteiger partial charge on any atom is -0.299 e. The summed E-state index contributed by atoms with van der Waals surface area (Å²) in [6, 6.07) is 0. The van der Waals surface area contributed by atoms with E-state index >= 15 is 0 Å². The summed E-state index contributed by atoms with van der Waals surface area (Å²) < 4.78 is 0. The van der Waals surface area contributed by atoms with Crippen LogP contribution in [0.2, 0.25) is 0 Å². The minimum atomic E-state index is 0.444. The second-order valence-electron chi connectivity index (χ2n) is 6.03. The molecule has 1 aliphatic rings. The Morgan fingerprint density at radius 3 is 1.94 bits per heavy atom. The molecular weight excluding hydrogens is 220 g/mol. The lowest BCUT2D eigenvalue weighted by molar-refractivity contribution is -0.120. The highest BCUT2D eigenvalue weighted by molar-refractivity contribution is 5.82. The van der Waals surface area contributed by atoms with Crippen LogP contribution in [0.1, 0.15) is 96.8 Å². The van der Waals surface area contributed by atoms with Crippen molar-refractivity contribution in [2.45, 2.75) is 96.8 Å². The number of carbonyl (C=O) groups is 1. The van der Waals surface area contributed by atoms with Gasteiger partial charge in [-0.2, -0.15) is 0 Å². The third kappa shape index (κ3) is 7.18. The van der Waals surface area contributed by atoms with Gasteiger partial charge in [0, 0.05) is 12.3 Å². The van der Waals surface area contributed by atoms with Gasteiger partial charge in [-0.1, -0.05) is 71.1 Å². The lowest BCUT2D eigenvalue weighted by Crippen LogP contribution is -2.05. The molecule has 1 unspecified atom stereocenters. The Bertz CT molecular complexity index is 210. The van der Waals surface area contributed by atoms with Crippen LogP contribution in [-0.2, 0) is 4.79 Å². The maximum atomic E-state index is 11.5. The van der Waals surface area contributed by atoms with Crippen molar-refractivity contribution in [3.63, 3.8) is 0 Å². The Balaban J connectivity index is 1.77. The Kier molecular flexibility index (Phi) is 9.24. The molecule has 1 atom stereocenters. The van der Waals surface area contributed by atoms with Crippen molar-refractivity contribution in [1.29, 1.82) is 0 Å². The SMILES string of the molecule is CCCCCCCCCCCCC1CCCC1=O. The zero-order valence-electron chi connectivity index (χ0n) is 12.4. The van der Waals surface area contributed by atoms with E-state index in [0.29, 0.717) is 11.7 Å². The molecule has 0 aliphatic heterocycles. The van der Waals surface area contributed by atoms with Crippen molar-refractivity contribution >= 4 is 5.78 Å². The first-order valence-electron chi connectivity index (χ1n) is 8.37. The van der Waals surface area contributed by atoms with Gasteiger partial charge in [0.2, 0.25) is 0 Å². The Labute approximate surface area is 114 Å². The van der Waals surface area contributed by atoms with Gasteiger partial charge in [0.25, 0.3) is 0 Å². The number of rotatable bonds is 11. The molecule has 106 valence electrons. The van der Waals surface area contributed by atoms with Gasteiger partial charge in [-0.25, -0.2) is 0 Å². The number of unbranched alkanes of at least 4 members (excludes halogenated alkanes) is 9.